The van der Waals surface area contributed by atoms with Gasteiger partial charge in [0.1, 0.15) is 17.2 Å². The van der Waals surface area contributed by atoms with Crippen LogP contribution in [0.3, 0.4) is 0 Å². The second kappa shape index (κ2) is 10.0. The number of ether oxygens (including phenoxy) is 5. The SMILES string of the molecule is COc1cc(OC)c(C=CS(=O)(=O)Cc2cc(OC)c(OC)cc2[N+](=O)[O-])c(OC)c1. The zero-order chi connectivity index (χ0) is 23.2. The summed E-state index contributed by atoms with van der Waals surface area (Å²) in [6.07, 6.45) is 1.30. The molecule has 0 radical (unpaired) electrons. The molecule has 0 spiro atoms. The highest BCUT2D eigenvalue weighted by Crippen LogP contribution is 2.37. The first kappa shape index (κ1) is 23.8. The van der Waals surface area contributed by atoms with E-state index < -0.39 is 26.2 Å². The van der Waals surface area contributed by atoms with Crippen LogP contribution < -0.4 is 23.7 Å². The molecule has 0 fully saturated rings. The molecule has 2 aromatic rings. The Morgan fingerprint density at radius 2 is 1.35 bits per heavy atom. The Morgan fingerprint density at radius 1 is 0.839 bits per heavy atom. The van der Waals surface area contributed by atoms with Crippen molar-refractivity contribution in [3.05, 3.63) is 50.9 Å². The van der Waals surface area contributed by atoms with Crippen molar-refractivity contribution in [3.63, 3.8) is 0 Å². The highest BCUT2D eigenvalue weighted by atomic mass is 32.2. The van der Waals surface area contributed by atoms with Crippen molar-refractivity contribution < 1.29 is 37.0 Å². The number of hydrogen-bond acceptors (Lipinski definition) is 9. The molecule has 168 valence electrons. The highest BCUT2D eigenvalue weighted by Gasteiger charge is 2.23. The molecule has 0 saturated carbocycles. The summed E-state index contributed by atoms with van der Waals surface area (Å²) in [4.78, 5) is 10.8. The first-order valence-corrected chi connectivity index (χ1v) is 10.5. The molecule has 0 atom stereocenters. The minimum Gasteiger partial charge on any atom is -0.496 e. The molecular weight excluding hydrogens is 430 g/mol. The lowest BCUT2D eigenvalue weighted by atomic mass is 10.1. The van der Waals surface area contributed by atoms with Gasteiger partial charge in [0.15, 0.2) is 21.3 Å². The van der Waals surface area contributed by atoms with E-state index in [1.807, 2.05) is 0 Å². The molecule has 0 amide bonds. The van der Waals surface area contributed by atoms with Gasteiger partial charge in [0.2, 0.25) is 0 Å². The van der Waals surface area contributed by atoms with Gasteiger partial charge < -0.3 is 23.7 Å². The van der Waals surface area contributed by atoms with Crippen LogP contribution in [-0.2, 0) is 15.6 Å². The van der Waals surface area contributed by atoms with E-state index in [1.165, 1.54) is 47.7 Å². The fraction of sp³-hybridized carbons (Fsp3) is 0.300. The maximum atomic E-state index is 12.7. The number of sulfone groups is 1. The zero-order valence-corrected chi connectivity index (χ0v) is 18.5. The summed E-state index contributed by atoms with van der Waals surface area (Å²) in [6, 6.07) is 5.56. The number of rotatable bonds is 10. The van der Waals surface area contributed by atoms with E-state index >= 15 is 0 Å². The second-order valence-electron chi connectivity index (χ2n) is 6.15. The van der Waals surface area contributed by atoms with Gasteiger partial charge in [0.05, 0.1) is 57.9 Å². The number of nitro groups is 1. The Labute approximate surface area is 180 Å². The van der Waals surface area contributed by atoms with E-state index in [4.69, 9.17) is 23.7 Å². The minimum absolute atomic E-state index is 0.0408. The van der Waals surface area contributed by atoms with Crippen molar-refractivity contribution in [2.45, 2.75) is 5.75 Å². The maximum absolute atomic E-state index is 12.7. The molecule has 0 aliphatic rings. The van der Waals surface area contributed by atoms with Crippen LogP contribution in [0.5, 0.6) is 28.7 Å². The maximum Gasteiger partial charge on any atom is 0.277 e. The fourth-order valence-electron chi connectivity index (χ4n) is 2.83. The number of methoxy groups -OCH3 is 5. The third-order valence-corrected chi connectivity index (χ3v) is 5.60. The average Bonchev–Trinajstić information content (AvgIpc) is 2.76. The molecule has 2 rings (SSSR count). The van der Waals surface area contributed by atoms with Crippen molar-refractivity contribution in [2.75, 3.05) is 35.5 Å². The third kappa shape index (κ3) is 5.57. The van der Waals surface area contributed by atoms with Gasteiger partial charge in [-0.25, -0.2) is 8.42 Å². The molecular formula is C20H23NO9S. The summed E-state index contributed by atoms with van der Waals surface area (Å²) < 4.78 is 51.4. The average molecular weight is 453 g/mol. The Balaban J connectivity index is 2.47. The van der Waals surface area contributed by atoms with Crippen LogP contribution in [0.2, 0.25) is 0 Å². The van der Waals surface area contributed by atoms with Gasteiger partial charge in [0, 0.05) is 23.1 Å². The molecule has 0 aromatic heterocycles. The van der Waals surface area contributed by atoms with Crippen LogP contribution in [0, 0.1) is 10.1 Å². The molecule has 0 bridgehead atoms. The fourth-order valence-corrected chi connectivity index (χ4v) is 3.93. The van der Waals surface area contributed by atoms with Gasteiger partial charge in [-0.3, -0.25) is 10.1 Å². The van der Waals surface area contributed by atoms with Crippen LogP contribution in [0.25, 0.3) is 6.08 Å². The Kier molecular flexibility index (Phi) is 7.70. The molecule has 0 aliphatic carbocycles. The van der Waals surface area contributed by atoms with E-state index in [0.29, 0.717) is 22.8 Å². The second-order valence-corrected chi connectivity index (χ2v) is 8.04. The normalized spacial score (nSPS) is 11.3. The van der Waals surface area contributed by atoms with Crippen molar-refractivity contribution in [3.8, 4) is 28.7 Å². The summed E-state index contributed by atoms with van der Waals surface area (Å²) in [7, 11) is 3.08. The third-order valence-electron chi connectivity index (χ3n) is 4.33. The molecule has 0 aliphatic heterocycles. The monoisotopic (exact) mass is 453 g/mol. The van der Waals surface area contributed by atoms with Gasteiger partial charge in [0.25, 0.3) is 5.69 Å². The highest BCUT2D eigenvalue weighted by molar-refractivity contribution is 7.93. The quantitative estimate of drug-likeness (QED) is 0.394. The van der Waals surface area contributed by atoms with E-state index in [0.717, 1.165) is 11.5 Å². The van der Waals surface area contributed by atoms with E-state index in [2.05, 4.69) is 0 Å². The van der Waals surface area contributed by atoms with E-state index in [1.54, 1.807) is 12.1 Å². The van der Waals surface area contributed by atoms with Gasteiger partial charge in [-0.05, 0) is 12.1 Å². The summed E-state index contributed by atoms with van der Waals surface area (Å²) in [6.45, 7) is 0. The number of nitro benzene ring substituents is 1. The Bertz CT molecular complexity index is 1070. The molecule has 10 nitrogen and oxygen atoms in total. The first-order valence-electron chi connectivity index (χ1n) is 8.79. The van der Waals surface area contributed by atoms with Crippen molar-refractivity contribution in [2.24, 2.45) is 0 Å². The number of hydrogen-bond donors (Lipinski definition) is 0. The molecule has 31 heavy (non-hydrogen) atoms. The smallest absolute Gasteiger partial charge is 0.277 e. The topological polar surface area (TPSA) is 123 Å². The number of nitrogens with zero attached hydrogens (tertiary/aromatic N) is 1. The van der Waals surface area contributed by atoms with Crippen LogP contribution in [0.15, 0.2) is 29.7 Å². The van der Waals surface area contributed by atoms with Crippen molar-refractivity contribution >= 4 is 21.6 Å². The van der Waals surface area contributed by atoms with Gasteiger partial charge in [-0.2, -0.15) is 0 Å². The predicted octanol–water partition coefficient (Wildman–Crippen LogP) is 3.22. The summed E-state index contributed by atoms with van der Waals surface area (Å²) in [5, 5.41) is 12.4. The Hall–Kier alpha value is -3.47. The molecule has 2 aromatic carbocycles. The molecule has 0 heterocycles. The van der Waals surface area contributed by atoms with Crippen molar-refractivity contribution in [1.82, 2.24) is 0 Å². The standard InChI is InChI=1S/C20H23NO9S/c1-26-14-9-17(27-2)15(18(10-14)28-3)6-7-31(24,25)12-13-8-19(29-4)20(30-5)11-16(13)21(22)23/h6-11H,12H2,1-5H3. The lowest BCUT2D eigenvalue weighted by Gasteiger charge is -2.12. The zero-order valence-electron chi connectivity index (χ0n) is 17.7. The van der Waals surface area contributed by atoms with Crippen LogP contribution in [0.1, 0.15) is 11.1 Å². The van der Waals surface area contributed by atoms with Crippen LogP contribution in [-0.4, -0.2) is 48.9 Å². The lowest BCUT2D eigenvalue weighted by molar-refractivity contribution is -0.385. The summed E-state index contributed by atoms with van der Waals surface area (Å²) in [5.41, 5.74) is -0.0635. The molecule has 11 heteroatoms. The van der Waals surface area contributed by atoms with Gasteiger partial charge in [-0.15, -0.1) is 0 Å². The van der Waals surface area contributed by atoms with Gasteiger partial charge in [-0.1, -0.05) is 0 Å². The molecule has 0 saturated heterocycles. The van der Waals surface area contributed by atoms with Crippen molar-refractivity contribution in [1.29, 1.82) is 0 Å². The Morgan fingerprint density at radius 3 is 1.81 bits per heavy atom. The molecule has 0 unspecified atom stereocenters. The first-order chi connectivity index (χ1) is 14.7. The predicted molar refractivity (Wildman–Crippen MR) is 114 cm³/mol. The van der Waals surface area contributed by atoms with Crippen LogP contribution >= 0.6 is 0 Å². The number of benzene rings is 2. The van der Waals surface area contributed by atoms with Gasteiger partial charge >= 0.3 is 0 Å². The molecule has 0 N–H and O–H groups in total. The summed E-state index contributed by atoms with van der Waals surface area (Å²) >= 11 is 0. The van der Waals surface area contributed by atoms with E-state index in [-0.39, 0.29) is 17.1 Å². The lowest BCUT2D eigenvalue weighted by Crippen LogP contribution is -2.05. The van der Waals surface area contributed by atoms with E-state index in [9.17, 15) is 18.5 Å². The largest absolute Gasteiger partial charge is 0.496 e. The summed E-state index contributed by atoms with van der Waals surface area (Å²) in [5.74, 6) is 0.814. The minimum atomic E-state index is -3.92. The van der Waals surface area contributed by atoms with Crippen LogP contribution in [0.4, 0.5) is 5.69 Å².